The lowest BCUT2D eigenvalue weighted by Gasteiger charge is -2.07. The van der Waals surface area contributed by atoms with Crippen LogP contribution >= 0.6 is 23.2 Å². The molecule has 0 aliphatic carbocycles. The highest BCUT2D eigenvalue weighted by atomic mass is 35.5. The Bertz CT molecular complexity index is 1460. The number of aromatic amines is 1. The molecule has 5 aromatic rings. The number of H-pyrrole nitrogens is 1. The topological polar surface area (TPSA) is 83.6 Å². The molecule has 0 unspecified atom stereocenters. The van der Waals surface area contributed by atoms with Gasteiger partial charge in [-0.1, -0.05) is 29.3 Å². The van der Waals surface area contributed by atoms with Gasteiger partial charge in [-0.15, -0.1) is 0 Å². The maximum atomic E-state index is 12.7. The summed E-state index contributed by atoms with van der Waals surface area (Å²) in [6.45, 7) is 0.358. The number of pyridine rings is 3. The zero-order chi connectivity index (χ0) is 22.1. The lowest BCUT2D eigenvalue weighted by atomic mass is 10.0. The highest BCUT2D eigenvalue weighted by molar-refractivity contribution is 6.31. The molecule has 0 atom stereocenters. The van der Waals surface area contributed by atoms with Crippen LogP contribution < -0.4 is 5.32 Å². The van der Waals surface area contributed by atoms with Crippen LogP contribution in [-0.2, 0) is 13.0 Å². The maximum absolute atomic E-state index is 12.7. The number of hydrogen-bond acceptors (Lipinski definition) is 4. The largest absolute Gasteiger partial charge is 0.348 e. The Kier molecular flexibility index (Phi) is 5.47. The van der Waals surface area contributed by atoms with E-state index in [4.69, 9.17) is 23.2 Å². The number of hydrogen-bond donors (Lipinski definition) is 2. The van der Waals surface area contributed by atoms with Crippen LogP contribution in [-0.4, -0.2) is 25.8 Å². The lowest BCUT2D eigenvalue weighted by molar-refractivity contribution is 0.0951. The van der Waals surface area contributed by atoms with Crippen LogP contribution in [0.5, 0.6) is 0 Å². The van der Waals surface area contributed by atoms with E-state index in [9.17, 15) is 4.79 Å². The summed E-state index contributed by atoms with van der Waals surface area (Å²) in [7, 11) is 0. The summed E-state index contributed by atoms with van der Waals surface area (Å²) in [5.41, 5.74) is 4.95. The van der Waals surface area contributed by atoms with Gasteiger partial charge in [-0.05, 0) is 47.5 Å². The number of carbonyl (C=O) groups is 1. The van der Waals surface area contributed by atoms with Crippen molar-refractivity contribution in [3.05, 3.63) is 99.7 Å². The van der Waals surface area contributed by atoms with E-state index in [1.165, 1.54) is 0 Å². The molecule has 4 aromatic heterocycles. The fourth-order valence-corrected chi connectivity index (χ4v) is 3.97. The van der Waals surface area contributed by atoms with Gasteiger partial charge in [0, 0.05) is 59.8 Å². The first-order valence-corrected chi connectivity index (χ1v) is 10.7. The molecule has 0 saturated heterocycles. The van der Waals surface area contributed by atoms with E-state index in [0.29, 0.717) is 28.6 Å². The summed E-state index contributed by atoms with van der Waals surface area (Å²) in [5.74, 6) is -0.174. The third kappa shape index (κ3) is 4.28. The molecule has 6 nitrogen and oxygen atoms in total. The summed E-state index contributed by atoms with van der Waals surface area (Å²) in [6, 6.07) is 13.2. The van der Waals surface area contributed by atoms with E-state index in [-0.39, 0.29) is 5.91 Å². The Labute approximate surface area is 193 Å². The van der Waals surface area contributed by atoms with Crippen molar-refractivity contribution < 1.29 is 4.79 Å². The molecule has 0 saturated carbocycles. The van der Waals surface area contributed by atoms with Crippen LogP contribution in [0.2, 0.25) is 10.0 Å². The monoisotopic (exact) mass is 461 g/mol. The van der Waals surface area contributed by atoms with Gasteiger partial charge in [0.25, 0.3) is 5.91 Å². The quantitative estimate of drug-likeness (QED) is 0.370. The van der Waals surface area contributed by atoms with Gasteiger partial charge in [0.15, 0.2) is 0 Å². The number of carbonyl (C=O) groups excluding carboxylic acids is 1. The van der Waals surface area contributed by atoms with Crippen molar-refractivity contribution in [1.29, 1.82) is 0 Å². The number of aromatic nitrogens is 4. The minimum atomic E-state index is -0.174. The Morgan fingerprint density at radius 1 is 0.969 bits per heavy atom. The highest BCUT2D eigenvalue weighted by Crippen LogP contribution is 2.21. The second-order valence-electron chi connectivity index (χ2n) is 7.44. The second-order valence-corrected chi connectivity index (χ2v) is 8.31. The normalized spacial score (nSPS) is 11.2. The zero-order valence-electron chi connectivity index (χ0n) is 16.8. The number of rotatable bonds is 5. The highest BCUT2D eigenvalue weighted by Gasteiger charge is 2.11. The first kappa shape index (κ1) is 20.4. The minimum Gasteiger partial charge on any atom is -0.348 e. The van der Waals surface area contributed by atoms with Crippen molar-refractivity contribution in [2.75, 3.05) is 0 Å². The van der Waals surface area contributed by atoms with Crippen molar-refractivity contribution in [3.8, 4) is 0 Å². The molecule has 0 fully saturated rings. The van der Waals surface area contributed by atoms with Crippen LogP contribution in [0.3, 0.4) is 0 Å². The molecule has 1 amide bonds. The number of nitrogens with one attached hydrogen (secondary N) is 2. The molecular formula is C24H17Cl2N5O. The van der Waals surface area contributed by atoms with Crippen molar-refractivity contribution in [3.63, 3.8) is 0 Å². The molecular weight excluding hydrogens is 445 g/mol. The van der Waals surface area contributed by atoms with Crippen LogP contribution in [0, 0.1) is 0 Å². The zero-order valence-corrected chi connectivity index (χ0v) is 18.3. The molecule has 0 bridgehead atoms. The standard InChI is InChI=1S/C24H17Cl2N5O/c25-18-7-16-5-14(1-2-22(16)28-12-18)6-20-8-15(3-4-27-20)24(32)31-11-17-10-29-23-21(17)9-19(26)13-30-23/h1-5,7-10,12-13H,6,11H2,(H,29,30)(H,31,32). The molecule has 0 radical (unpaired) electrons. The molecule has 0 spiro atoms. The Morgan fingerprint density at radius 2 is 1.81 bits per heavy atom. The smallest absolute Gasteiger partial charge is 0.251 e. The first-order valence-electron chi connectivity index (χ1n) is 9.94. The second kappa shape index (κ2) is 8.57. The third-order valence-corrected chi connectivity index (χ3v) is 5.61. The Balaban J connectivity index is 1.31. The average molecular weight is 462 g/mol. The molecule has 0 aliphatic rings. The fraction of sp³-hybridized carbons (Fsp3) is 0.0833. The molecule has 8 heteroatoms. The summed E-state index contributed by atoms with van der Waals surface area (Å²) < 4.78 is 0. The van der Waals surface area contributed by atoms with Gasteiger partial charge in [0.05, 0.1) is 15.6 Å². The van der Waals surface area contributed by atoms with Crippen molar-refractivity contribution >= 4 is 51.0 Å². The fourth-order valence-electron chi connectivity index (χ4n) is 3.65. The molecule has 32 heavy (non-hydrogen) atoms. The van der Waals surface area contributed by atoms with Crippen LogP contribution in [0.1, 0.15) is 27.2 Å². The van der Waals surface area contributed by atoms with Gasteiger partial charge in [-0.25, -0.2) is 4.98 Å². The van der Waals surface area contributed by atoms with E-state index >= 15 is 0 Å². The third-order valence-electron chi connectivity index (χ3n) is 5.20. The number of benzene rings is 1. The average Bonchev–Trinajstić information content (AvgIpc) is 3.19. The SMILES string of the molecule is O=C(NCc1c[nH]c2ncc(Cl)cc12)c1ccnc(Cc2ccc3ncc(Cl)cc3c2)c1. The summed E-state index contributed by atoms with van der Waals surface area (Å²) in [4.78, 5) is 28.8. The summed E-state index contributed by atoms with van der Waals surface area (Å²) in [6.07, 6.45) is 7.29. The summed E-state index contributed by atoms with van der Waals surface area (Å²) in [5, 5.41) is 5.96. The van der Waals surface area contributed by atoms with E-state index in [1.54, 1.807) is 24.7 Å². The van der Waals surface area contributed by atoms with Crippen molar-refractivity contribution in [2.45, 2.75) is 13.0 Å². The number of nitrogens with zero attached hydrogens (tertiary/aromatic N) is 3. The van der Waals surface area contributed by atoms with E-state index in [2.05, 4.69) is 25.3 Å². The number of halogens is 2. The first-order chi connectivity index (χ1) is 15.5. The van der Waals surface area contributed by atoms with Crippen LogP contribution in [0.4, 0.5) is 0 Å². The van der Waals surface area contributed by atoms with Crippen molar-refractivity contribution in [1.82, 2.24) is 25.3 Å². The predicted molar refractivity (Wildman–Crippen MR) is 126 cm³/mol. The van der Waals surface area contributed by atoms with Crippen molar-refractivity contribution in [2.24, 2.45) is 0 Å². The number of fused-ring (bicyclic) bond motifs is 2. The van der Waals surface area contributed by atoms with Gasteiger partial charge in [0.2, 0.25) is 0 Å². The minimum absolute atomic E-state index is 0.174. The van der Waals surface area contributed by atoms with Gasteiger partial charge >= 0.3 is 0 Å². The number of amides is 1. The summed E-state index contributed by atoms with van der Waals surface area (Å²) >= 11 is 12.1. The molecule has 1 aromatic carbocycles. The van der Waals surface area contributed by atoms with Gasteiger partial charge in [-0.2, -0.15) is 0 Å². The Hall–Kier alpha value is -3.48. The van der Waals surface area contributed by atoms with Crippen LogP contribution in [0.15, 0.2) is 67.3 Å². The van der Waals surface area contributed by atoms with Gasteiger partial charge in [0.1, 0.15) is 5.65 Å². The van der Waals surface area contributed by atoms with E-state index in [1.807, 2.05) is 42.6 Å². The molecule has 2 N–H and O–H groups in total. The molecule has 0 aliphatic heterocycles. The molecule has 158 valence electrons. The maximum Gasteiger partial charge on any atom is 0.251 e. The van der Waals surface area contributed by atoms with E-state index < -0.39 is 0 Å². The van der Waals surface area contributed by atoms with Gasteiger partial charge in [-0.3, -0.25) is 14.8 Å². The molecule has 5 rings (SSSR count). The van der Waals surface area contributed by atoms with Gasteiger partial charge < -0.3 is 10.3 Å². The lowest BCUT2D eigenvalue weighted by Crippen LogP contribution is -2.22. The van der Waals surface area contributed by atoms with Crippen LogP contribution in [0.25, 0.3) is 21.9 Å². The van der Waals surface area contributed by atoms with E-state index in [0.717, 1.165) is 38.8 Å². The Morgan fingerprint density at radius 3 is 2.72 bits per heavy atom. The predicted octanol–water partition coefficient (Wildman–Crippen LogP) is 5.33. The molecule has 4 heterocycles.